The standard InChI is InChI=1S/C15H9F5O3/c1-22-15(21)8-4-2-7(3-5-8)6-23-14-12(19)10(17)9(16)11(18)13(14)20/h2-5H,6H2,1H3. The van der Waals surface area contributed by atoms with Crippen molar-refractivity contribution in [2.24, 2.45) is 0 Å². The molecule has 0 bridgehead atoms. The van der Waals surface area contributed by atoms with E-state index < -0.39 is 47.4 Å². The van der Waals surface area contributed by atoms with Crippen LogP contribution in [0.5, 0.6) is 5.75 Å². The number of carbonyl (C=O) groups is 1. The number of hydrogen-bond donors (Lipinski definition) is 0. The molecule has 0 aliphatic rings. The number of esters is 1. The lowest BCUT2D eigenvalue weighted by atomic mass is 10.1. The summed E-state index contributed by atoms with van der Waals surface area (Å²) in [4.78, 5) is 11.2. The molecular weight excluding hydrogens is 323 g/mol. The summed E-state index contributed by atoms with van der Waals surface area (Å²) in [6.45, 7) is -0.459. The van der Waals surface area contributed by atoms with Crippen LogP contribution in [0.2, 0.25) is 0 Å². The molecule has 0 saturated heterocycles. The Balaban J connectivity index is 2.20. The summed E-state index contributed by atoms with van der Waals surface area (Å²) in [5.41, 5.74) is 0.578. The van der Waals surface area contributed by atoms with Crippen LogP contribution < -0.4 is 4.74 Å². The molecule has 3 nitrogen and oxygen atoms in total. The van der Waals surface area contributed by atoms with E-state index >= 15 is 0 Å². The summed E-state index contributed by atoms with van der Waals surface area (Å²) in [5.74, 6) is -12.5. The number of hydrogen-bond acceptors (Lipinski definition) is 3. The van der Waals surface area contributed by atoms with Gasteiger partial charge in [-0.2, -0.15) is 8.78 Å². The molecular formula is C15H9F5O3. The molecule has 0 N–H and O–H groups in total. The van der Waals surface area contributed by atoms with E-state index in [1.807, 2.05) is 0 Å². The van der Waals surface area contributed by atoms with E-state index in [1.165, 1.54) is 31.4 Å². The van der Waals surface area contributed by atoms with Crippen LogP contribution in [0.1, 0.15) is 15.9 Å². The maximum Gasteiger partial charge on any atom is 0.337 e. The van der Waals surface area contributed by atoms with Gasteiger partial charge in [-0.05, 0) is 17.7 Å². The Kier molecular flexibility index (Phi) is 4.83. The van der Waals surface area contributed by atoms with Gasteiger partial charge in [-0.15, -0.1) is 0 Å². The minimum Gasteiger partial charge on any atom is -0.483 e. The third-order valence-electron chi connectivity index (χ3n) is 2.93. The molecule has 0 radical (unpaired) electrons. The van der Waals surface area contributed by atoms with Crippen LogP contribution >= 0.6 is 0 Å². The molecule has 23 heavy (non-hydrogen) atoms. The molecule has 0 heterocycles. The van der Waals surface area contributed by atoms with Crippen LogP contribution in [0, 0.1) is 29.1 Å². The van der Waals surface area contributed by atoms with Gasteiger partial charge in [0.15, 0.2) is 5.75 Å². The van der Waals surface area contributed by atoms with E-state index in [1.54, 1.807) is 0 Å². The van der Waals surface area contributed by atoms with Gasteiger partial charge in [-0.1, -0.05) is 12.1 Å². The van der Waals surface area contributed by atoms with E-state index in [2.05, 4.69) is 9.47 Å². The first-order valence-corrected chi connectivity index (χ1v) is 6.18. The first-order chi connectivity index (χ1) is 10.9. The van der Waals surface area contributed by atoms with Crippen LogP contribution in [0.3, 0.4) is 0 Å². The summed E-state index contributed by atoms with van der Waals surface area (Å²) in [6, 6.07) is 5.50. The summed E-state index contributed by atoms with van der Waals surface area (Å²) in [7, 11) is 1.20. The number of rotatable bonds is 4. The number of methoxy groups -OCH3 is 1. The van der Waals surface area contributed by atoms with Crippen molar-refractivity contribution in [3.8, 4) is 5.75 Å². The lowest BCUT2D eigenvalue weighted by Gasteiger charge is -2.10. The van der Waals surface area contributed by atoms with Gasteiger partial charge >= 0.3 is 5.97 Å². The average Bonchev–Trinajstić information content (AvgIpc) is 2.58. The molecule has 0 amide bonds. The van der Waals surface area contributed by atoms with Crippen molar-refractivity contribution in [1.82, 2.24) is 0 Å². The largest absolute Gasteiger partial charge is 0.483 e. The molecule has 0 aromatic heterocycles. The highest BCUT2D eigenvalue weighted by Crippen LogP contribution is 2.29. The lowest BCUT2D eigenvalue weighted by molar-refractivity contribution is 0.0600. The predicted octanol–water partition coefficient (Wildman–Crippen LogP) is 3.75. The Morgan fingerprint density at radius 3 is 1.83 bits per heavy atom. The Morgan fingerprint density at radius 2 is 1.35 bits per heavy atom. The van der Waals surface area contributed by atoms with E-state index in [9.17, 15) is 26.7 Å². The Hall–Kier alpha value is -2.64. The molecule has 0 unspecified atom stereocenters. The molecule has 2 aromatic rings. The van der Waals surface area contributed by atoms with Crippen molar-refractivity contribution in [1.29, 1.82) is 0 Å². The van der Waals surface area contributed by atoms with E-state index in [0.717, 1.165) is 0 Å². The summed E-state index contributed by atoms with van der Waals surface area (Å²) in [6.07, 6.45) is 0. The SMILES string of the molecule is COC(=O)c1ccc(COc2c(F)c(F)c(F)c(F)c2F)cc1. The zero-order chi connectivity index (χ0) is 17.1. The maximum atomic E-state index is 13.4. The maximum absolute atomic E-state index is 13.4. The van der Waals surface area contributed by atoms with Crippen molar-refractivity contribution >= 4 is 5.97 Å². The van der Waals surface area contributed by atoms with E-state index in [-0.39, 0.29) is 5.56 Å². The molecule has 0 saturated carbocycles. The minimum atomic E-state index is -2.25. The van der Waals surface area contributed by atoms with Gasteiger partial charge in [-0.3, -0.25) is 0 Å². The molecule has 0 spiro atoms. The number of ether oxygens (including phenoxy) is 2. The number of carbonyl (C=O) groups excluding carboxylic acids is 1. The second-order valence-corrected chi connectivity index (χ2v) is 4.38. The monoisotopic (exact) mass is 332 g/mol. The first-order valence-electron chi connectivity index (χ1n) is 6.18. The van der Waals surface area contributed by atoms with Crippen LogP contribution in [0.25, 0.3) is 0 Å². The fourth-order valence-corrected chi connectivity index (χ4v) is 1.72. The second-order valence-electron chi connectivity index (χ2n) is 4.38. The molecule has 2 aromatic carbocycles. The quantitative estimate of drug-likeness (QED) is 0.370. The number of halogens is 5. The van der Waals surface area contributed by atoms with Crippen LogP contribution in [0.15, 0.2) is 24.3 Å². The zero-order valence-electron chi connectivity index (χ0n) is 11.6. The topological polar surface area (TPSA) is 35.5 Å². The fourth-order valence-electron chi connectivity index (χ4n) is 1.72. The summed E-state index contributed by atoms with van der Waals surface area (Å²) in [5, 5.41) is 0. The van der Waals surface area contributed by atoms with E-state index in [0.29, 0.717) is 5.56 Å². The van der Waals surface area contributed by atoms with Crippen molar-refractivity contribution in [3.63, 3.8) is 0 Å². The van der Waals surface area contributed by atoms with Crippen molar-refractivity contribution in [2.45, 2.75) is 6.61 Å². The zero-order valence-corrected chi connectivity index (χ0v) is 11.6. The van der Waals surface area contributed by atoms with Crippen molar-refractivity contribution < 1.29 is 36.2 Å². The molecule has 0 fully saturated rings. The van der Waals surface area contributed by atoms with Gasteiger partial charge in [0.25, 0.3) is 0 Å². The van der Waals surface area contributed by atoms with Gasteiger partial charge in [0.05, 0.1) is 12.7 Å². The molecule has 122 valence electrons. The summed E-state index contributed by atoms with van der Waals surface area (Å²) < 4.78 is 74.9. The average molecular weight is 332 g/mol. The van der Waals surface area contributed by atoms with E-state index in [4.69, 9.17) is 0 Å². The van der Waals surface area contributed by atoms with Crippen molar-refractivity contribution in [3.05, 3.63) is 64.5 Å². The van der Waals surface area contributed by atoms with Crippen LogP contribution in [0.4, 0.5) is 22.0 Å². The third-order valence-corrected chi connectivity index (χ3v) is 2.93. The molecule has 0 aliphatic carbocycles. The second kappa shape index (κ2) is 6.64. The highest BCUT2D eigenvalue weighted by Gasteiger charge is 2.27. The predicted molar refractivity (Wildman–Crippen MR) is 68.3 cm³/mol. The molecule has 0 atom stereocenters. The van der Waals surface area contributed by atoms with Crippen molar-refractivity contribution in [2.75, 3.05) is 7.11 Å². The highest BCUT2D eigenvalue weighted by atomic mass is 19.2. The first kappa shape index (κ1) is 16.7. The van der Waals surface area contributed by atoms with Gasteiger partial charge in [0.2, 0.25) is 29.1 Å². The summed E-state index contributed by atoms with van der Waals surface area (Å²) >= 11 is 0. The Labute approximate surface area is 127 Å². The van der Waals surface area contributed by atoms with Crippen LogP contribution in [-0.4, -0.2) is 13.1 Å². The van der Waals surface area contributed by atoms with Crippen LogP contribution in [-0.2, 0) is 11.3 Å². The number of benzene rings is 2. The Morgan fingerprint density at radius 1 is 0.870 bits per heavy atom. The smallest absolute Gasteiger partial charge is 0.337 e. The molecule has 8 heteroatoms. The third kappa shape index (κ3) is 3.25. The molecule has 2 rings (SSSR count). The van der Waals surface area contributed by atoms with Gasteiger partial charge < -0.3 is 9.47 Å². The minimum absolute atomic E-state index is 0.229. The lowest BCUT2D eigenvalue weighted by Crippen LogP contribution is -2.07. The van der Waals surface area contributed by atoms with Gasteiger partial charge in [0.1, 0.15) is 6.61 Å². The highest BCUT2D eigenvalue weighted by molar-refractivity contribution is 5.89. The van der Waals surface area contributed by atoms with Gasteiger partial charge in [-0.25, -0.2) is 18.0 Å². The Bertz CT molecular complexity index is 715. The normalized spacial score (nSPS) is 10.5. The molecule has 0 aliphatic heterocycles. The van der Waals surface area contributed by atoms with Gasteiger partial charge in [0, 0.05) is 0 Å². The fraction of sp³-hybridized carbons (Fsp3) is 0.133.